The number of nitrogens with zero attached hydrogens (tertiary/aromatic N) is 2. The van der Waals surface area contributed by atoms with Crippen molar-refractivity contribution in [3.05, 3.63) is 0 Å². The summed E-state index contributed by atoms with van der Waals surface area (Å²) in [5.41, 5.74) is 0. The molecule has 0 aromatic carbocycles. The highest BCUT2D eigenvalue weighted by molar-refractivity contribution is 5.83. The van der Waals surface area contributed by atoms with Crippen LogP contribution >= 0.6 is 0 Å². The summed E-state index contributed by atoms with van der Waals surface area (Å²) in [6.45, 7) is 3.84. The predicted molar refractivity (Wildman–Crippen MR) is 80.0 cm³/mol. The van der Waals surface area contributed by atoms with E-state index in [1.54, 1.807) is 0 Å². The summed E-state index contributed by atoms with van der Waals surface area (Å²) in [6, 6.07) is 0.468. The molecular weight excluding hydrogens is 268 g/mol. The van der Waals surface area contributed by atoms with Gasteiger partial charge in [-0.05, 0) is 19.3 Å². The molecule has 0 unspecified atom stereocenters. The topological polar surface area (TPSA) is 64.7 Å². The van der Waals surface area contributed by atoms with Gasteiger partial charge in [-0.3, -0.25) is 9.69 Å². The number of piperazine rings is 1. The minimum atomic E-state index is 0.0218. The van der Waals surface area contributed by atoms with Crippen molar-refractivity contribution in [2.75, 3.05) is 32.7 Å². The molecule has 6 nitrogen and oxygen atoms in total. The zero-order valence-electron chi connectivity index (χ0n) is 12.6. The van der Waals surface area contributed by atoms with Crippen LogP contribution in [0.1, 0.15) is 38.5 Å². The Morgan fingerprint density at radius 3 is 2.38 bits per heavy atom. The Bertz CT molecular complexity index is 387. The van der Waals surface area contributed by atoms with Crippen LogP contribution in [0.15, 0.2) is 0 Å². The second-order valence-electron chi connectivity index (χ2n) is 6.40. The molecule has 3 rings (SSSR count). The second kappa shape index (κ2) is 6.64. The maximum atomic E-state index is 12.3. The van der Waals surface area contributed by atoms with Gasteiger partial charge in [-0.25, -0.2) is 4.79 Å². The Labute approximate surface area is 126 Å². The number of rotatable bonds is 2. The van der Waals surface area contributed by atoms with Gasteiger partial charge >= 0.3 is 6.03 Å². The van der Waals surface area contributed by atoms with Crippen LogP contribution in [0.25, 0.3) is 0 Å². The van der Waals surface area contributed by atoms with Crippen molar-refractivity contribution in [1.82, 2.24) is 20.4 Å². The minimum Gasteiger partial charge on any atom is -0.355 e. The van der Waals surface area contributed by atoms with E-state index < -0.39 is 0 Å². The van der Waals surface area contributed by atoms with Gasteiger partial charge in [0, 0.05) is 38.8 Å². The first-order chi connectivity index (χ1) is 10.2. The molecule has 0 aromatic rings. The van der Waals surface area contributed by atoms with Crippen LogP contribution in [0, 0.1) is 0 Å². The highest BCUT2D eigenvalue weighted by atomic mass is 16.2. The van der Waals surface area contributed by atoms with Gasteiger partial charge in [0.1, 0.15) is 0 Å². The van der Waals surface area contributed by atoms with E-state index in [4.69, 9.17) is 0 Å². The van der Waals surface area contributed by atoms with Crippen LogP contribution in [0.5, 0.6) is 0 Å². The van der Waals surface area contributed by atoms with E-state index in [0.29, 0.717) is 6.04 Å². The van der Waals surface area contributed by atoms with E-state index in [2.05, 4.69) is 15.5 Å². The van der Waals surface area contributed by atoms with Gasteiger partial charge in [0.25, 0.3) is 0 Å². The quantitative estimate of drug-likeness (QED) is 0.781. The van der Waals surface area contributed by atoms with Gasteiger partial charge in [0.2, 0.25) is 5.91 Å². The van der Waals surface area contributed by atoms with Crippen LogP contribution in [0.2, 0.25) is 0 Å². The van der Waals surface area contributed by atoms with Crippen molar-refractivity contribution in [1.29, 1.82) is 0 Å². The molecule has 2 aliphatic heterocycles. The smallest absolute Gasteiger partial charge is 0.317 e. The molecule has 2 saturated heterocycles. The number of urea groups is 1. The van der Waals surface area contributed by atoms with Crippen LogP contribution < -0.4 is 10.6 Å². The molecule has 21 heavy (non-hydrogen) atoms. The van der Waals surface area contributed by atoms with E-state index in [1.807, 2.05) is 4.90 Å². The third-order valence-corrected chi connectivity index (χ3v) is 4.99. The lowest BCUT2D eigenvalue weighted by molar-refractivity contribution is -0.124. The number of hydrogen-bond donors (Lipinski definition) is 2. The summed E-state index contributed by atoms with van der Waals surface area (Å²) in [5.74, 6) is 0.148. The number of hydrogen-bond acceptors (Lipinski definition) is 3. The van der Waals surface area contributed by atoms with Crippen molar-refractivity contribution >= 4 is 11.9 Å². The van der Waals surface area contributed by atoms with E-state index >= 15 is 0 Å². The maximum absolute atomic E-state index is 12.3. The molecule has 3 fully saturated rings. The fourth-order valence-electron chi connectivity index (χ4n) is 3.68. The molecular formula is C15H26N4O2. The molecule has 118 valence electrons. The first kappa shape index (κ1) is 14.6. The summed E-state index contributed by atoms with van der Waals surface area (Å²) in [5, 5.41) is 6.05. The third-order valence-electron chi connectivity index (χ3n) is 4.99. The largest absolute Gasteiger partial charge is 0.355 e. The SMILES string of the molecule is O=C1NCC[C@H]1N1CCN(C(=O)NC2CCCCC2)CC1. The average molecular weight is 294 g/mol. The van der Waals surface area contributed by atoms with Crippen LogP contribution in [-0.2, 0) is 4.79 Å². The summed E-state index contributed by atoms with van der Waals surface area (Å²) >= 11 is 0. The van der Waals surface area contributed by atoms with Crippen LogP contribution in [-0.4, -0.2) is 66.5 Å². The maximum Gasteiger partial charge on any atom is 0.317 e. The second-order valence-corrected chi connectivity index (χ2v) is 6.40. The summed E-state index contributed by atoms with van der Waals surface area (Å²) < 4.78 is 0. The lowest BCUT2D eigenvalue weighted by Gasteiger charge is -2.37. The van der Waals surface area contributed by atoms with Crippen molar-refractivity contribution in [2.45, 2.75) is 50.6 Å². The summed E-state index contributed by atoms with van der Waals surface area (Å²) in [4.78, 5) is 28.1. The van der Waals surface area contributed by atoms with Gasteiger partial charge in [-0.15, -0.1) is 0 Å². The Morgan fingerprint density at radius 1 is 1.05 bits per heavy atom. The Balaban J connectivity index is 1.44. The fraction of sp³-hybridized carbons (Fsp3) is 0.867. The van der Waals surface area contributed by atoms with E-state index in [1.165, 1.54) is 19.3 Å². The van der Waals surface area contributed by atoms with Crippen molar-refractivity contribution < 1.29 is 9.59 Å². The van der Waals surface area contributed by atoms with E-state index in [-0.39, 0.29) is 18.0 Å². The molecule has 2 heterocycles. The summed E-state index contributed by atoms with van der Waals surface area (Å²) in [7, 11) is 0. The molecule has 1 atom stereocenters. The molecule has 3 amide bonds. The van der Waals surface area contributed by atoms with Crippen molar-refractivity contribution in [3.8, 4) is 0 Å². The lowest BCUT2D eigenvalue weighted by Crippen LogP contribution is -2.56. The fourth-order valence-corrected chi connectivity index (χ4v) is 3.68. The number of nitrogens with one attached hydrogen (secondary N) is 2. The highest BCUT2D eigenvalue weighted by Gasteiger charge is 2.33. The van der Waals surface area contributed by atoms with E-state index in [0.717, 1.165) is 52.0 Å². The zero-order chi connectivity index (χ0) is 14.7. The monoisotopic (exact) mass is 294 g/mol. The molecule has 6 heteroatoms. The molecule has 3 aliphatic rings. The predicted octanol–water partition coefficient (Wildman–Crippen LogP) is 0.535. The highest BCUT2D eigenvalue weighted by Crippen LogP contribution is 2.18. The van der Waals surface area contributed by atoms with Crippen LogP contribution in [0.4, 0.5) is 4.79 Å². The van der Waals surface area contributed by atoms with Crippen molar-refractivity contribution in [3.63, 3.8) is 0 Å². The summed E-state index contributed by atoms with van der Waals surface area (Å²) in [6.07, 6.45) is 6.90. The van der Waals surface area contributed by atoms with Crippen molar-refractivity contribution in [2.24, 2.45) is 0 Å². The van der Waals surface area contributed by atoms with Gasteiger partial charge in [-0.1, -0.05) is 19.3 Å². The molecule has 2 N–H and O–H groups in total. The number of carbonyl (C=O) groups is 2. The van der Waals surface area contributed by atoms with E-state index in [9.17, 15) is 9.59 Å². The average Bonchev–Trinajstić information content (AvgIpc) is 2.94. The Kier molecular flexibility index (Phi) is 4.63. The minimum absolute atomic E-state index is 0.0218. The third kappa shape index (κ3) is 3.48. The first-order valence-electron chi connectivity index (χ1n) is 8.31. The Morgan fingerprint density at radius 2 is 1.76 bits per heavy atom. The first-order valence-corrected chi connectivity index (χ1v) is 8.31. The molecule has 0 bridgehead atoms. The number of amides is 3. The lowest BCUT2D eigenvalue weighted by atomic mass is 9.96. The van der Waals surface area contributed by atoms with Gasteiger partial charge in [-0.2, -0.15) is 0 Å². The van der Waals surface area contributed by atoms with Gasteiger partial charge in [0.05, 0.1) is 6.04 Å². The Hall–Kier alpha value is -1.30. The normalized spacial score (nSPS) is 28.5. The molecule has 0 radical (unpaired) electrons. The molecule has 1 aliphatic carbocycles. The standard InChI is InChI=1S/C15H26N4O2/c20-14-13(6-7-16-14)18-8-10-19(11-9-18)15(21)17-12-4-2-1-3-5-12/h12-13H,1-11H2,(H,16,20)(H,17,21)/t13-/m1/s1. The zero-order valence-corrected chi connectivity index (χ0v) is 12.6. The van der Waals surface area contributed by atoms with Crippen LogP contribution in [0.3, 0.4) is 0 Å². The van der Waals surface area contributed by atoms with Gasteiger partial charge < -0.3 is 15.5 Å². The number of carbonyl (C=O) groups excluding carboxylic acids is 2. The molecule has 1 saturated carbocycles. The molecule has 0 aromatic heterocycles. The van der Waals surface area contributed by atoms with Gasteiger partial charge in [0.15, 0.2) is 0 Å². The molecule has 0 spiro atoms.